The summed E-state index contributed by atoms with van der Waals surface area (Å²) in [4.78, 5) is 24.3. The fourth-order valence-corrected chi connectivity index (χ4v) is 1.88. The van der Waals surface area contributed by atoms with Crippen LogP contribution in [0.25, 0.3) is 0 Å². The molecule has 2 aliphatic heterocycles. The molecule has 2 aliphatic rings. The van der Waals surface area contributed by atoms with Gasteiger partial charge in [-0.2, -0.15) is 0 Å². The molecule has 4 nitrogen and oxygen atoms in total. The Morgan fingerprint density at radius 3 is 2.92 bits per heavy atom. The predicted molar refractivity (Wildman–Crippen MR) is 42.4 cm³/mol. The fraction of sp³-hybridized carbons (Fsp3) is 0.750. The van der Waals surface area contributed by atoms with E-state index in [9.17, 15) is 9.59 Å². The van der Waals surface area contributed by atoms with Gasteiger partial charge in [-0.05, 0) is 19.3 Å². The first-order valence-corrected chi connectivity index (χ1v) is 4.36. The number of nitrogens with one attached hydrogen (secondary N) is 1. The zero-order chi connectivity index (χ0) is 8.55. The normalized spacial score (nSPS) is 29.7. The summed E-state index contributed by atoms with van der Waals surface area (Å²) in [6.45, 7) is 0.951. The SMILES string of the molecule is O=C1NCC(=O)N2CCCCC12. The van der Waals surface area contributed by atoms with Crippen LogP contribution in [0.5, 0.6) is 0 Å². The summed E-state index contributed by atoms with van der Waals surface area (Å²) >= 11 is 0. The van der Waals surface area contributed by atoms with Crippen LogP contribution in [0.4, 0.5) is 0 Å². The maximum atomic E-state index is 11.3. The number of carbonyl (C=O) groups excluding carboxylic acids is 2. The Kier molecular flexibility index (Phi) is 1.75. The molecule has 0 spiro atoms. The van der Waals surface area contributed by atoms with E-state index in [2.05, 4.69) is 5.32 Å². The molecule has 12 heavy (non-hydrogen) atoms. The van der Waals surface area contributed by atoms with Crippen molar-refractivity contribution in [3.63, 3.8) is 0 Å². The van der Waals surface area contributed by atoms with Gasteiger partial charge in [-0.1, -0.05) is 0 Å². The van der Waals surface area contributed by atoms with E-state index in [0.717, 1.165) is 25.8 Å². The molecule has 1 N–H and O–H groups in total. The second kappa shape index (κ2) is 2.77. The van der Waals surface area contributed by atoms with Gasteiger partial charge in [0.1, 0.15) is 6.04 Å². The standard InChI is InChI=1S/C8H12N2O2/c11-7-5-9-8(12)6-3-1-2-4-10(6)7/h6H,1-5H2,(H,9,12). The van der Waals surface area contributed by atoms with Gasteiger partial charge >= 0.3 is 0 Å². The highest BCUT2D eigenvalue weighted by molar-refractivity contribution is 5.94. The third-order valence-electron chi connectivity index (χ3n) is 2.54. The molecule has 2 rings (SSSR count). The molecule has 2 amide bonds. The number of fused-ring (bicyclic) bond motifs is 1. The lowest BCUT2D eigenvalue weighted by molar-refractivity contribution is -0.147. The van der Waals surface area contributed by atoms with Gasteiger partial charge in [-0.15, -0.1) is 0 Å². The van der Waals surface area contributed by atoms with Gasteiger partial charge in [0.05, 0.1) is 6.54 Å². The number of piperidine rings is 1. The molecule has 4 heteroatoms. The summed E-state index contributed by atoms with van der Waals surface area (Å²) in [5.74, 6) is 0.0913. The second-order valence-electron chi connectivity index (χ2n) is 3.32. The summed E-state index contributed by atoms with van der Waals surface area (Å²) < 4.78 is 0. The lowest BCUT2D eigenvalue weighted by atomic mass is 9.99. The van der Waals surface area contributed by atoms with Crippen molar-refractivity contribution in [3.8, 4) is 0 Å². The largest absolute Gasteiger partial charge is 0.345 e. The number of amides is 2. The number of carbonyl (C=O) groups is 2. The van der Waals surface area contributed by atoms with E-state index in [-0.39, 0.29) is 24.4 Å². The molecule has 0 aromatic rings. The van der Waals surface area contributed by atoms with Gasteiger partial charge in [-0.3, -0.25) is 9.59 Å². The first kappa shape index (κ1) is 7.58. The molecule has 0 aromatic heterocycles. The average molecular weight is 168 g/mol. The van der Waals surface area contributed by atoms with Gasteiger partial charge in [0.15, 0.2) is 0 Å². The van der Waals surface area contributed by atoms with Crippen LogP contribution in [0.3, 0.4) is 0 Å². The molecule has 0 aromatic carbocycles. The molecule has 0 radical (unpaired) electrons. The van der Waals surface area contributed by atoms with Crippen molar-refractivity contribution >= 4 is 11.8 Å². The highest BCUT2D eigenvalue weighted by Crippen LogP contribution is 2.18. The lowest BCUT2D eigenvalue weighted by Crippen LogP contribution is -2.59. The van der Waals surface area contributed by atoms with Gasteiger partial charge < -0.3 is 10.2 Å². The van der Waals surface area contributed by atoms with E-state index < -0.39 is 0 Å². The minimum Gasteiger partial charge on any atom is -0.345 e. The minimum atomic E-state index is -0.167. The molecule has 2 fully saturated rings. The number of nitrogens with zero attached hydrogens (tertiary/aromatic N) is 1. The summed E-state index contributed by atoms with van der Waals surface area (Å²) in [5, 5.41) is 2.60. The quantitative estimate of drug-likeness (QED) is 0.530. The molecule has 66 valence electrons. The van der Waals surface area contributed by atoms with Crippen molar-refractivity contribution in [2.75, 3.05) is 13.1 Å². The Morgan fingerprint density at radius 1 is 1.33 bits per heavy atom. The van der Waals surface area contributed by atoms with E-state index in [4.69, 9.17) is 0 Å². The fourth-order valence-electron chi connectivity index (χ4n) is 1.88. The van der Waals surface area contributed by atoms with Crippen molar-refractivity contribution in [3.05, 3.63) is 0 Å². The summed E-state index contributed by atoms with van der Waals surface area (Å²) in [7, 11) is 0. The van der Waals surface area contributed by atoms with Gasteiger partial charge in [-0.25, -0.2) is 0 Å². The Labute approximate surface area is 70.9 Å². The van der Waals surface area contributed by atoms with Crippen LogP contribution in [-0.4, -0.2) is 35.8 Å². The molecule has 2 heterocycles. The van der Waals surface area contributed by atoms with E-state index in [1.165, 1.54) is 0 Å². The van der Waals surface area contributed by atoms with E-state index >= 15 is 0 Å². The van der Waals surface area contributed by atoms with Crippen molar-refractivity contribution < 1.29 is 9.59 Å². The third kappa shape index (κ3) is 1.07. The Balaban J connectivity index is 2.16. The average Bonchev–Trinajstić information content (AvgIpc) is 2.12. The van der Waals surface area contributed by atoms with Crippen molar-refractivity contribution in [1.29, 1.82) is 0 Å². The second-order valence-corrected chi connectivity index (χ2v) is 3.32. The molecule has 0 aliphatic carbocycles. The Hall–Kier alpha value is -1.06. The van der Waals surface area contributed by atoms with E-state index in [0.29, 0.717) is 0 Å². The lowest BCUT2D eigenvalue weighted by Gasteiger charge is -2.38. The van der Waals surface area contributed by atoms with Crippen LogP contribution in [-0.2, 0) is 9.59 Å². The topological polar surface area (TPSA) is 49.4 Å². The maximum Gasteiger partial charge on any atom is 0.243 e. The van der Waals surface area contributed by atoms with Gasteiger partial charge in [0.25, 0.3) is 0 Å². The summed E-state index contributed by atoms with van der Waals surface area (Å²) in [6.07, 6.45) is 2.93. The predicted octanol–water partition coefficient (Wildman–Crippen LogP) is -0.503. The van der Waals surface area contributed by atoms with Crippen molar-refractivity contribution in [2.45, 2.75) is 25.3 Å². The molecule has 1 atom stereocenters. The maximum absolute atomic E-state index is 11.3. The Morgan fingerprint density at radius 2 is 2.17 bits per heavy atom. The third-order valence-corrected chi connectivity index (χ3v) is 2.54. The van der Waals surface area contributed by atoms with E-state index in [1.807, 2.05) is 0 Å². The van der Waals surface area contributed by atoms with Crippen LogP contribution in [0.1, 0.15) is 19.3 Å². The number of piperazine rings is 1. The Bertz CT molecular complexity index is 203. The molecular formula is C8H12N2O2. The monoisotopic (exact) mass is 168 g/mol. The van der Waals surface area contributed by atoms with Crippen molar-refractivity contribution in [1.82, 2.24) is 10.2 Å². The number of hydrogen-bond acceptors (Lipinski definition) is 2. The molecule has 2 saturated heterocycles. The van der Waals surface area contributed by atoms with Crippen LogP contribution < -0.4 is 5.32 Å². The highest BCUT2D eigenvalue weighted by Gasteiger charge is 2.35. The van der Waals surface area contributed by atoms with Crippen LogP contribution in [0, 0.1) is 0 Å². The molecule has 1 unspecified atom stereocenters. The van der Waals surface area contributed by atoms with Gasteiger partial charge in [0, 0.05) is 6.54 Å². The molecular weight excluding hydrogens is 156 g/mol. The van der Waals surface area contributed by atoms with Crippen LogP contribution >= 0.6 is 0 Å². The smallest absolute Gasteiger partial charge is 0.243 e. The number of hydrogen-bond donors (Lipinski definition) is 1. The zero-order valence-corrected chi connectivity index (χ0v) is 6.88. The van der Waals surface area contributed by atoms with Crippen LogP contribution in [0.2, 0.25) is 0 Å². The minimum absolute atomic E-state index is 0.0225. The van der Waals surface area contributed by atoms with Crippen LogP contribution in [0.15, 0.2) is 0 Å². The summed E-state index contributed by atoms with van der Waals surface area (Å²) in [5.41, 5.74) is 0. The number of rotatable bonds is 0. The zero-order valence-electron chi connectivity index (χ0n) is 6.88. The molecule has 0 bridgehead atoms. The first-order chi connectivity index (χ1) is 5.79. The van der Waals surface area contributed by atoms with Gasteiger partial charge in [0.2, 0.25) is 11.8 Å². The van der Waals surface area contributed by atoms with E-state index in [1.54, 1.807) is 4.90 Å². The van der Waals surface area contributed by atoms with Crippen molar-refractivity contribution in [2.24, 2.45) is 0 Å². The highest BCUT2D eigenvalue weighted by atomic mass is 16.2. The molecule has 0 saturated carbocycles. The first-order valence-electron chi connectivity index (χ1n) is 4.36. The summed E-state index contributed by atoms with van der Waals surface area (Å²) in [6, 6.07) is -0.167.